The van der Waals surface area contributed by atoms with Crippen LogP contribution >= 0.6 is 11.6 Å². The van der Waals surface area contributed by atoms with Gasteiger partial charge in [0.1, 0.15) is 23.3 Å². The average molecular weight is 607 g/mol. The van der Waals surface area contributed by atoms with Crippen molar-refractivity contribution in [2.45, 2.75) is 58.4 Å². The molecule has 1 fully saturated rings. The molecule has 228 valence electrons. The second-order valence-corrected chi connectivity index (χ2v) is 10.4. The second-order valence-electron chi connectivity index (χ2n) is 9.97. The summed E-state index contributed by atoms with van der Waals surface area (Å²) in [6.07, 6.45) is 10.4. The lowest BCUT2D eigenvalue weighted by Gasteiger charge is -2.21. The van der Waals surface area contributed by atoms with E-state index in [1.807, 2.05) is 26.0 Å². The summed E-state index contributed by atoms with van der Waals surface area (Å²) in [5.74, 6) is 0.922. The van der Waals surface area contributed by atoms with E-state index in [0.717, 1.165) is 42.5 Å². The van der Waals surface area contributed by atoms with E-state index < -0.39 is 0 Å². The van der Waals surface area contributed by atoms with Gasteiger partial charge in [0, 0.05) is 59.5 Å². The molecular weight excluding hydrogens is 568 g/mol. The molecule has 3 aromatic rings. The van der Waals surface area contributed by atoms with E-state index in [1.165, 1.54) is 6.11 Å². The van der Waals surface area contributed by atoms with Crippen LogP contribution in [0, 0.1) is 19.1 Å². The van der Waals surface area contributed by atoms with Gasteiger partial charge in [0.15, 0.2) is 0 Å². The van der Waals surface area contributed by atoms with Crippen molar-refractivity contribution in [3.8, 4) is 34.9 Å². The predicted molar refractivity (Wildman–Crippen MR) is 170 cm³/mol. The number of hydrogen-bond acceptors (Lipinski definition) is 9. The van der Waals surface area contributed by atoms with Crippen LogP contribution in [-0.2, 0) is 0 Å². The lowest BCUT2D eigenvalue weighted by Crippen LogP contribution is -2.29. The minimum atomic E-state index is -0.212. The van der Waals surface area contributed by atoms with Gasteiger partial charge >= 0.3 is 0 Å². The number of aliphatic imine (C=N–C) groups is 1. The molecule has 0 radical (unpaired) electrons. The molecule has 10 nitrogen and oxygen atoms in total. The number of ether oxygens (including phenoxy) is 2. The summed E-state index contributed by atoms with van der Waals surface area (Å²) in [6.45, 7) is 6.98. The molecule has 11 heteroatoms. The zero-order chi connectivity index (χ0) is 31.4. The number of rotatable bonds is 12. The Morgan fingerprint density at radius 2 is 2.07 bits per heavy atom. The number of carbonyl (C=O) groups is 1. The maximum atomic E-state index is 13.3. The number of nitrogens with zero attached hydrogens (tertiary/aromatic N) is 3. The molecule has 2 aromatic heterocycles. The summed E-state index contributed by atoms with van der Waals surface area (Å²) in [5, 5.41) is 11.0. The number of pyridine rings is 2. The van der Waals surface area contributed by atoms with E-state index in [4.69, 9.17) is 36.9 Å². The summed E-state index contributed by atoms with van der Waals surface area (Å²) >= 11 is 6.50. The Labute approximate surface area is 257 Å². The number of anilines is 1. The first kappa shape index (κ1) is 33.0. The normalized spacial score (nSPS) is 12.9. The first-order valence-electron chi connectivity index (χ1n) is 14.2. The molecule has 43 heavy (non-hydrogen) atoms. The fourth-order valence-electron chi connectivity index (χ4n) is 4.46. The van der Waals surface area contributed by atoms with Crippen molar-refractivity contribution in [3.63, 3.8) is 0 Å². The number of hydrogen-bond donors (Lipinski definition) is 4. The Morgan fingerprint density at radius 3 is 2.67 bits per heavy atom. The van der Waals surface area contributed by atoms with Crippen molar-refractivity contribution in [1.82, 2.24) is 15.3 Å². The van der Waals surface area contributed by atoms with Crippen LogP contribution < -0.4 is 26.3 Å². The number of benzene rings is 1. The van der Waals surface area contributed by atoms with Gasteiger partial charge in [0.25, 0.3) is 5.91 Å². The highest BCUT2D eigenvalue weighted by Crippen LogP contribution is 2.37. The molecule has 1 saturated carbocycles. The van der Waals surface area contributed by atoms with Crippen LogP contribution in [0.1, 0.15) is 72.6 Å². The third kappa shape index (κ3) is 9.00. The van der Waals surface area contributed by atoms with E-state index in [2.05, 4.69) is 28.0 Å². The van der Waals surface area contributed by atoms with Crippen LogP contribution in [0.5, 0.6) is 11.5 Å². The van der Waals surface area contributed by atoms with Gasteiger partial charge in [-0.2, -0.15) is 0 Å². The molecule has 0 spiro atoms. The number of halogens is 1. The fourth-order valence-corrected chi connectivity index (χ4v) is 4.67. The van der Waals surface area contributed by atoms with Crippen molar-refractivity contribution >= 4 is 29.4 Å². The van der Waals surface area contributed by atoms with Gasteiger partial charge in [-0.3, -0.25) is 14.8 Å². The van der Waals surface area contributed by atoms with Crippen molar-refractivity contribution in [3.05, 3.63) is 64.1 Å². The van der Waals surface area contributed by atoms with Crippen LogP contribution in [-0.4, -0.2) is 53.5 Å². The molecule has 0 bridgehead atoms. The third-order valence-electron chi connectivity index (χ3n) is 6.75. The smallest absolute Gasteiger partial charge is 0.251 e. The number of aryl methyl sites for hydroxylation is 1. The maximum Gasteiger partial charge on any atom is 0.251 e. The van der Waals surface area contributed by atoms with Gasteiger partial charge < -0.3 is 31.4 Å². The van der Waals surface area contributed by atoms with Gasteiger partial charge in [-0.15, -0.1) is 0 Å². The lowest BCUT2D eigenvalue weighted by atomic mass is 9.96. The molecule has 4 rings (SSSR count). The quantitative estimate of drug-likeness (QED) is 0.0944. The number of nitrogen functional groups attached to an aromatic ring is 1. The number of carbonyl (C=O) groups excluding carboxylic acids is 1. The first-order valence-corrected chi connectivity index (χ1v) is 14.5. The van der Waals surface area contributed by atoms with Crippen molar-refractivity contribution in [2.75, 3.05) is 26.0 Å². The van der Waals surface area contributed by atoms with Gasteiger partial charge in [-0.05, 0) is 62.9 Å². The molecule has 1 aliphatic rings. The minimum absolute atomic E-state index is 0.0146. The summed E-state index contributed by atoms with van der Waals surface area (Å²) in [7, 11) is 1.54. The Kier molecular flexibility index (Phi) is 12.5. The molecule has 1 amide bonds. The van der Waals surface area contributed by atoms with Gasteiger partial charge in [0.05, 0.1) is 30.5 Å². The molecule has 1 unspecified atom stereocenters. The number of methoxy groups -OCH3 is 1. The SMILES string of the molecule is CCCC(CNC(=O)c1cc(C=NC2CC2)c(N)c(OC)c1)c1cc(C)c(OCC)c(-c2ccncc2Cl)n1.NC#CO. The zero-order valence-corrected chi connectivity index (χ0v) is 25.7. The number of aromatic nitrogens is 2. The molecule has 2 heterocycles. The zero-order valence-electron chi connectivity index (χ0n) is 25.0. The van der Waals surface area contributed by atoms with Gasteiger partial charge in [0.2, 0.25) is 0 Å². The fraction of sp³-hybridized carbons (Fsp3) is 0.375. The van der Waals surface area contributed by atoms with Crippen molar-refractivity contribution in [1.29, 1.82) is 0 Å². The average Bonchev–Trinajstić information content (AvgIpc) is 3.84. The van der Waals surface area contributed by atoms with Crippen LogP contribution in [0.4, 0.5) is 5.69 Å². The van der Waals surface area contributed by atoms with E-state index in [0.29, 0.717) is 58.2 Å². The minimum Gasteiger partial charge on any atom is -0.495 e. The topological polar surface area (TPSA) is 158 Å². The van der Waals surface area contributed by atoms with E-state index in [9.17, 15) is 4.79 Å². The molecule has 1 aliphatic carbocycles. The Hall–Kier alpha value is -4.49. The molecular formula is C32H39ClN6O4. The number of nitrogens with two attached hydrogens (primary N) is 2. The summed E-state index contributed by atoms with van der Waals surface area (Å²) < 4.78 is 11.4. The predicted octanol–water partition coefficient (Wildman–Crippen LogP) is 5.23. The number of nitrogens with one attached hydrogen (secondary N) is 1. The van der Waals surface area contributed by atoms with Crippen LogP contribution in [0.3, 0.4) is 0 Å². The van der Waals surface area contributed by atoms with E-state index >= 15 is 0 Å². The Balaban J connectivity index is 0.00000119. The molecule has 0 saturated heterocycles. The van der Waals surface area contributed by atoms with Crippen molar-refractivity contribution in [2.24, 2.45) is 10.7 Å². The highest BCUT2D eigenvalue weighted by atomic mass is 35.5. The summed E-state index contributed by atoms with van der Waals surface area (Å²) in [6, 6.07) is 9.38. The summed E-state index contributed by atoms with van der Waals surface area (Å²) in [4.78, 5) is 26.9. The molecule has 0 aliphatic heterocycles. The molecule has 1 atom stereocenters. The molecule has 6 N–H and O–H groups in total. The number of amides is 1. The Morgan fingerprint density at radius 1 is 1.33 bits per heavy atom. The van der Waals surface area contributed by atoms with Crippen molar-refractivity contribution < 1.29 is 19.4 Å². The van der Waals surface area contributed by atoms with Gasteiger partial charge in [-0.1, -0.05) is 24.9 Å². The lowest BCUT2D eigenvalue weighted by molar-refractivity contribution is 0.0950. The third-order valence-corrected chi connectivity index (χ3v) is 7.05. The monoisotopic (exact) mass is 606 g/mol. The van der Waals surface area contributed by atoms with E-state index in [1.54, 1.807) is 43.9 Å². The highest BCUT2D eigenvalue weighted by molar-refractivity contribution is 6.33. The highest BCUT2D eigenvalue weighted by Gasteiger charge is 2.22. The first-order chi connectivity index (χ1) is 20.8. The number of aliphatic hydroxyl groups is 1. The maximum absolute atomic E-state index is 13.3. The second kappa shape index (κ2) is 16.2. The van der Waals surface area contributed by atoms with Crippen LogP contribution in [0.15, 0.2) is 41.7 Å². The van der Waals surface area contributed by atoms with Crippen LogP contribution in [0.25, 0.3) is 11.3 Å². The van der Waals surface area contributed by atoms with Gasteiger partial charge in [-0.25, -0.2) is 4.98 Å². The summed E-state index contributed by atoms with van der Waals surface area (Å²) in [5.41, 5.74) is 15.5. The van der Waals surface area contributed by atoms with E-state index in [-0.39, 0.29) is 11.8 Å². The molecule has 1 aromatic carbocycles. The Bertz CT molecular complexity index is 1490. The number of aliphatic hydroxyl groups excluding tert-OH is 1. The standard InChI is InChI=1S/C30H36ClN5O3.C2H3NO/c1-5-7-19(25-12-18(3)29(39-6-2)28(36-25)23-10-11-33-17-24(23)31)15-35-30(37)20-13-21(16-34-22-8-9-22)27(32)26(14-20)38-4;3-1-2-4/h10-14,16-17,19,22H,5-9,15,32H2,1-4H3,(H,35,37);4H,3H2. The largest absolute Gasteiger partial charge is 0.495 e. The van der Waals surface area contributed by atoms with Crippen LogP contribution in [0.2, 0.25) is 5.02 Å².